The van der Waals surface area contributed by atoms with Crippen molar-refractivity contribution in [3.63, 3.8) is 0 Å². The molecule has 0 bridgehead atoms. The van der Waals surface area contributed by atoms with Crippen molar-refractivity contribution in [2.24, 2.45) is 0 Å². The Kier molecular flexibility index (Phi) is 5.12. The van der Waals surface area contributed by atoms with Crippen LogP contribution in [0.15, 0.2) is 12.1 Å². The Labute approximate surface area is 116 Å². The van der Waals surface area contributed by atoms with E-state index < -0.39 is 6.61 Å². The summed E-state index contributed by atoms with van der Waals surface area (Å²) in [5, 5.41) is 11.3. The number of aliphatic hydroxyl groups excluding tert-OH is 1. The molecule has 3 nitrogen and oxygen atoms in total. The van der Waals surface area contributed by atoms with Crippen LogP contribution in [0.1, 0.15) is 43.0 Å². The second-order valence-corrected chi connectivity index (χ2v) is 6.10. The highest BCUT2D eigenvalue weighted by molar-refractivity contribution is 5.76. The molecule has 0 heterocycles. The molecule has 1 aromatic carbocycles. The van der Waals surface area contributed by atoms with E-state index in [0.717, 1.165) is 6.42 Å². The fraction of sp³-hybridized carbons (Fsp3) is 0.562. The molecule has 0 saturated carbocycles. The maximum Gasteiger partial charge on any atom is 0.245 e. The average Bonchev–Trinajstić information content (AvgIpc) is 2.30. The molecule has 0 radical (unpaired) electrons. The van der Waals surface area contributed by atoms with Crippen molar-refractivity contribution in [3.8, 4) is 0 Å². The Balaban J connectivity index is 2.83. The van der Waals surface area contributed by atoms with Crippen molar-refractivity contribution in [2.75, 3.05) is 13.2 Å². The van der Waals surface area contributed by atoms with E-state index in [1.807, 2.05) is 0 Å². The second kappa shape index (κ2) is 6.20. The highest BCUT2D eigenvalue weighted by Gasteiger charge is 2.16. The van der Waals surface area contributed by atoms with Crippen LogP contribution in [0.5, 0.6) is 0 Å². The van der Waals surface area contributed by atoms with E-state index in [1.54, 1.807) is 0 Å². The first kappa shape index (κ1) is 15.7. The van der Waals surface area contributed by atoms with Crippen molar-refractivity contribution in [2.45, 2.75) is 46.5 Å². The monoisotopic (exact) mass is 263 g/mol. The van der Waals surface area contributed by atoms with E-state index >= 15 is 0 Å². The average molecular weight is 263 g/mol. The fourth-order valence-corrected chi connectivity index (χ4v) is 2.20. The van der Waals surface area contributed by atoms with Crippen LogP contribution in [0, 0.1) is 13.8 Å². The normalized spacial score (nSPS) is 11.5. The number of amides is 1. The third-order valence-corrected chi connectivity index (χ3v) is 3.40. The molecule has 0 unspecified atom stereocenters. The Hall–Kier alpha value is -1.35. The molecular formula is C16H25NO2. The summed E-state index contributed by atoms with van der Waals surface area (Å²) < 4.78 is 0. The summed E-state index contributed by atoms with van der Waals surface area (Å²) in [7, 11) is 0. The van der Waals surface area contributed by atoms with Gasteiger partial charge >= 0.3 is 0 Å². The van der Waals surface area contributed by atoms with Gasteiger partial charge in [-0.3, -0.25) is 4.79 Å². The molecule has 2 N–H and O–H groups in total. The quantitative estimate of drug-likeness (QED) is 0.875. The Morgan fingerprint density at radius 1 is 1.21 bits per heavy atom. The summed E-state index contributed by atoms with van der Waals surface area (Å²) in [6, 6.07) is 4.46. The summed E-state index contributed by atoms with van der Waals surface area (Å²) in [6.07, 6.45) is 0.799. The van der Waals surface area contributed by atoms with Gasteiger partial charge < -0.3 is 10.4 Å². The van der Waals surface area contributed by atoms with E-state index in [9.17, 15) is 4.79 Å². The lowest BCUT2D eigenvalue weighted by Gasteiger charge is -2.22. The highest BCUT2D eigenvalue weighted by Crippen LogP contribution is 2.26. The van der Waals surface area contributed by atoms with Crippen LogP contribution in [0.4, 0.5) is 0 Å². The minimum Gasteiger partial charge on any atom is -0.387 e. The number of carbonyl (C=O) groups excluding carboxylic acids is 1. The van der Waals surface area contributed by atoms with Gasteiger partial charge in [-0.1, -0.05) is 32.9 Å². The van der Waals surface area contributed by atoms with Crippen LogP contribution >= 0.6 is 0 Å². The number of aliphatic hydroxyl groups is 1. The van der Waals surface area contributed by atoms with Crippen LogP contribution in [0.2, 0.25) is 0 Å². The number of hydrogen-bond donors (Lipinski definition) is 2. The van der Waals surface area contributed by atoms with Crippen LogP contribution < -0.4 is 5.32 Å². The van der Waals surface area contributed by atoms with Gasteiger partial charge in [0, 0.05) is 6.54 Å². The molecular weight excluding hydrogens is 238 g/mol. The van der Waals surface area contributed by atoms with Gasteiger partial charge in [-0.2, -0.15) is 0 Å². The van der Waals surface area contributed by atoms with Crippen LogP contribution in [-0.2, 0) is 16.6 Å². The predicted octanol–water partition coefficient (Wildman–Crippen LogP) is 2.25. The number of hydrogen-bond acceptors (Lipinski definition) is 2. The van der Waals surface area contributed by atoms with E-state index in [-0.39, 0.29) is 11.3 Å². The third-order valence-electron chi connectivity index (χ3n) is 3.40. The second-order valence-electron chi connectivity index (χ2n) is 6.10. The standard InChI is InChI=1S/C16H25NO2/c1-11-8-13(16(3,4)5)9-12(2)14(11)6-7-17-15(19)10-18/h8-9,18H,6-7,10H2,1-5H3,(H,17,19). The van der Waals surface area contributed by atoms with Gasteiger partial charge in [0.2, 0.25) is 5.91 Å². The zero-order valence-electron chi connectivity index (χ0n) is 12.6. The van der Waals surface area contributed by atoms with Crippen LogP contribution in [-0.4, -0.2) is 24.2 Å². The summed E-state index contributed by atoms with van der Waals surface area (Å²) in [5.74, 6) is -0.318. The van der Waals surface area contributed by atoms with Gasteiger partial charge in [0.25, 0.3) is 0 Å². The van der Waals surface area contributed by atoms with E-state index in [1.165, 1.54) is 22.3 Å². The third kappa shape index (κ3) is 4.35. The summed E-state index contributed by atoms with van der Waals surface area (Å²) in [5.41, 5.74) is 5.31. The van der Waals surface area contributed by atoms with Crippen molar-refractivity contribution in [1.29, 1.82) is 0 Å². The lowest BCUT2D eigenvalue weighted by atomic mass is 9.83. The first-order valence-electron chi connectivity index (χ1n) is 6.74. The number of benzene rings is 1. The molecule has 0 spiro atoms. The van der Waals surface area contributed by atoms with Crippen molar-refractivity contribution >= 4 is 5.91 Å². The van der Waals surface area contributed by atoms with Crippen molar-refractivity contribution < 1.29 is 9.90 Å². The molecule has 1 amide bonds. The fourth-order valence-electron chi connectivity index (χ4n) is 2.20. The molecule has 19 heavy (non-hydrogen) atoms. The predicted molar refractivity (Wildman–Crippen MR) is 78.4 cm³/mol. The number of aryl methyl sites for hydroxylation is 2. The number of nitrogens with one attached hydrogen (secondary N) is 1. The minimum absolute atomic E-state index is 0.152. The molecule has 0 aromatic heterocycles. The zero-order valence-corrected chi connectivity index (χ0v) is 12.6. The lowest BCUT2D eigenvalue weighted by molar-refractivity contribution is -0.123. The first-order valence-corrected chi connectivity index (χ1v) is 6.74. The van der Waals surface area contributed by atoms with Crippen LogP contribution in [0.25, 0.3) is 0 Å². The van der Waals surface area contributed by atoms with Crippen LogP contribution in [0.3, 0.4) is 0 Å². The number of carbonyl (C=O) groups is 1. The molecule has 0 fully saturated rings. The largest absolute Gasteiger partial charge is 0.387 e. The summed E-state index contributed by atoms with van der Waals surface area (Å²) in [4.78, 5) is 11.0. The van der Waals surface area contributed by atoms with Gasteiger partial charge in [0.1, 0.15) is 6.61 Å². The molecule has 0 saturated heterocycles. The summed E-state index contributed by atoms with van der Waals surface area (Å²) in [6.45, 7) is 11.0. The lowest BCUT2D eigenvalue weighted by Crippen LogP contribution is -2.28. The Morgan fingerprint density at radius 2 is 1.74 bits per heavy atom. The maximum absolute atomic E-state index is 11.0. The topological polar surface area (TPSA) is 49.3 Å². The van der Waals surface area contributed by atoms with E-state index in [0.29, 0.717) is 6.54 Å². The molecule has 1 aromatic rings. The SMILES string of the molecule is Cc1cc(C(C)(C)C)cc(C)c1CCNC(=O)CO. The molecule has 0 aliphatic carbocycles. The van der Waals surface area contributed by atoms with Gasteiger partial charge in [-0.05, 0) is 47.9 Å². The molecule has 106 valence electrons. The Bertz CT molecular complexity index is 435. The molecule has 0 atom stereocenters. The summed E-state index contributed by atoms with van der Waals surface area (Å²) >= 11 is 0. The zero-order chi connectivity index (χ0) is 14.6. The smallest absolute Gasteiger partial charge is 0.245 e. The van der Waals surface area contributed by atoms with E-state index in [2.05, 4.69) is 52.1 Å². The van der Waals surface area contributed by atoms with Gasteiger partial charge in [-0.15, -0.1) is 0 Å². The Morgan fingerprint density at radius 3 is 2.16 bits per heavy atom. The minimum atomic E-state index is -0.444. The molecule has 0 aliphatic rings. The van der Waals surface area contributed by atoms with Gasteiger partial charge in [0.15, 0.2) is 0 Å². The van der Waals surface area contributed by atoms with Crippen molar-refractivity contribution in [3.05, 3.63) is 34.4 Å². The van der Waals surface area contributed by atoms with Gasteiger partial charge in [-0.25, -0.2) is 0 Å². The van der Waals surface area contributed by atoms with Gasteiger partial charge in [0.05, 0.1) is 0 Å². The first-order chi connectivity index (χ1) is 8.75. The molecule has 1 rings (SSSR count). The maximum atomic E-state index is 11.0. The van der Waals surface area contributed by atoms with E-state index in [4.69, 9.17) is 5.11 Å². The van der Waals surface area contributed by atoms with Crippen molar-refractivity contribution in [1.82, 2.24) is 5.32 Å². The number of rotatable bonds is 4. The molecule has 0 aliphatic heterocycles. The molecule has 3 heteroatoms. The highest BCUT2D eigenvalue weighted by atomic mass is 16.3.